The topological polar surface area (TPSA) is 51.0 Å². The molecular weight excluding hydrogens is 340 g/mol. The van der Waals surface area contributed by atoms with Gasteiger partial charge >= 0.3 is 0 Å². The summed E-state index contributed by atoms with van der Waals surface area (Å²) in [5, 5.41) is 3.68. The number of rotatable bonds is 4. The molecule has 3 aromatic rings. The predicted octanol–water partition coefficient (Wildman–Crippen LogP) is 3.13. The molecule has 0 spiro atoms. The minimum atomic E-state index is 0.327. The monoisotopic (exact) mass is 364 g/mol. The van der Waals surface area contributed by atoms with Gasteiger partial charge in [-0.05, 0) is 49.6 Å². The minimum absolute atomic E-state index is 0.327. The number of imidazole rings is 1. The van der Waals surface area contributed by atoms with Crippen molar-refractivity contribution in [2.24, 2.45) is 0 Å². The third-order valence-corrected chi connectivity index (χ3v) is 5.45. The van der Waals surface area contributed by atoms with Gasteiger partial charge < -0.3 is 24.1 Å². The fraction of sp³-hybridized carbons (Fsp3) is 0.381. The Hall–Kier alpha value is -2.73. The summed E-state index contributed by atoms with van der Waals surface area (Å²) in [7, 11) is 0. The Balaban J connectivity index is 1.17. The number of hydrogen-bond acceptors (Lipinski definition) is 5. The number of ether oxygens (including phenoxy) is 2. The smallest absolute Gasteiger partial charge is 0.231 e. The number of nitrogens with zero attached hydrogens (tertiary/aromatic N) is 3. The molecule has 0 aliphatic carbocycles. The lowest BCUT2D eigenvalue weighted by Gasteiger charge is -2.34. The Morgan fingerprint density at radius 2 is 1.96 bits per heavy atom. The van der Waals surface area contributed by atoms with Crippen LogP contribution in [-0.4, -0.2) is 35.3 Å². The normalized spacial score (nSPS) is 17.0. The van der Waals surface area contributed by atoms with E-state index in [9.17, 15) is 0 Å². The van der Waals surface area contributed by atoms with E-state index in [-0.39, 0.29) is 0 Å². The minimum Gasteiger partial charge on any atom is -0.454 e. The summed E-state index contributed by atoms with van der Waals surface area (Å²) in [6.07, 6.45) is 6.44. The van der Waals surface area contributed by atoms with Crippen LogP contribution in [0.1, 0.15) is 24.1 Å². The standard InChI is InChI=1S/C21H24N4O2/c1-15-4-7-25-13-17(23-21(25)10-15)12-22-16-5-8-24(9-6-16)18-2-3-19-20(11-18)27-14-26-19/h2-4,7,10-11,13,16,22H,5-6,8-9,12,14H2,1H3. The van der Waals surface area contributed by atoms with E-state index in [1.807, 2.05) is 6.07 Å². The number of fused-ring (bicyclic) bond motifs is 2. The first-order valence-electron chi connectivity index (χ1n) is 9.57. The number of benzene rings is 1. The van der Waals surface area contributed by atoms with Crippen molar-refractivity contribution >= 4 is 11.3 Å². The maximum absolute atomic E-state index is 5.50. The molecule has 2 aromatic heterocycles. The van der Waals surface area contributed by atoms with Crippen LogP contribution in [0.15, 0.2) is 42.7 Å². The number of piperidine rings is 1. The first kappa shape index (κ1) is 16.4. The molecule has 2 aliphatic heterocycles. The van der Waals surface area contributed by atoms with Crippen molar-refractivity contribution in [3.8, 4) is 11.5 Å². The molecule has 0 bridgehead atoms. The SMILES string of the molecule is Cc1ccn2cc(CNC3CCN(c4ccc5c(c4)OCO5)CC3)nc2c1. The molecule has 0 amide bonds. The van der Waals surface area contributed by atoms with Crippen LogP contribution < -0.4 is 19.7 Å². The molecule has 2 aliphatic rings. The lowest BCUT2D eigenvalue weighted by molar-refractivity contribution is 0.174. The summed E-state index contributed by atoms with van der Waals surface area (Å²) in [4.78, 5) is 7.14. The van der Waals surface area contributed by atoms with E-state index in [0.717, 1.165) is 55.3 Å². The number of hydrogen-bond donors (Lipinski definition) is 1. The molecule has 4 heterocycles. The van der Waals surface area contributed by atoms with Crippen molar-refractivity contribution in [1.82, 2.24) is 14.7 Å². The molecule has 0 saturated carbocycles. The molecule has 0 unspecified atom stereocenters. The average molecular weight is 364 g/mol. The third-order valence-electron chi connectivity index (χ3n) is 5.45. The second kappa shape index (κ2) is 6.78. The van der Waals surface area contributed by atoms with E-state index >= 15 is 0 Å². The van der Waals surface area contributed by atoms with E-state index in [2.05, 4.69) is 58.2 Å². The highest BCUT2D eigenvalue weighted by molar-refractivity contribution is 5.57. The maximum atomic E-state index is 5.50. The largest absolute Gasteiger partial charge is 0.454 e. The molecule has 6 nitrogen and oxygen atoms in total. The first-order valence-corrected chi connectivity index (χ1v) is 9.57. The summed E-state index contributed by atoms with van der Waals surface area (Å²) in [5.74, 6) is 1.70. The molecule has 27 heavy (non-hydrogen) atoms. The zero-order valence-corrected chi connectivity index (χ0v) is 15.5. The highest BCUT2D eigenvalue weighted by Gasteiger charge is 2.21. The zero-order valence-electron chi connectivity index (χ0n) is 15.5. The molecule has 5 rings (SSSR count). The Labute approximate surface area is 158 Å². The average Bonchev–Trinajstić information content (AvgIpc) is 3.32. The Bertz CT molecular complexity index is 960. The highest BCUT2D eigenvalue weighted by atomic mass is 16.7. The van der Waals surface area contributed by atoms with Gasteiger partial charge in [0.2, 0.25) is 6.79 Å². The Morgan fingerprint density at radius 3 is 2.85 bits per heavy atom. The van der Waals surface area contributed by atoms with Crippen molar-refractivity contribution in [1.29, 1.82) is 0 Å². The Kier molecular flexibility index (Phi) is 4.13. The maximum Gasteiger partial charge on any atom is 0.231 e. The molecule has 0 radical (unpaired) electrons. The summed E-state index contributed by atoms with van der Waals surface area (Å²) in [6, 6.07) is 11.0. The molecular formula is C21H24N4O2. The van der Waals surface area contributed by atoms with E-state index in [1.54, 1.807) is 0 Å². The van der Waals surface area contributed by atoms with Gasteiger partial charge in [0, 0.05) is 49.8 Å². The van der Waals surface area contributed by atoms with Crippen LogP contribution in [0.3, 0.4) is 0 Å². The van der Waals surface area contributed by atoms with Crippen LogP contribution in [-0.2, 0) is 6.54 Å². The van der Waals surface area contributed by atoms with Gasteiger partial charge in [0.25, 0.3) is 0 Å². The van der Waals surface area contributed by atoms with E-state index in [1.165, 1.54) is 11.3 Å². The second-order valence-corrected chi connectivity index (χ2v) is 7.38. The highest BCUT2D eigenvalue weighted by Crippen LogP contribution is 2.36. The number of pyridine rings is 1. The number of aromatic nitrogens is 2. The van der Waals surface area contributed by atoms with Gasteiger partial charge in [-0.25, -0.2) is 4.98 Å². The lowest BCUT2D eigenvalue weighted by Crippen LogP contribution is -2.42. The molecule has 1 N–H and O–H groups in total. The fourth-order valence-electron chi connectivity index (χ4n) is 3.89. The van der Waals surface area contributed by atoms with Crippen molar-refractivity contribution in [2.45, 2.75) is 32.4 Å². The van der Waals surface area contributed by atoms with Crippen molar-refractivity contribution in [2.75, 3.05) is 24.8 Å². The predicted molar refractivity (Wildman–Crippen MR) is 105 cm³/mol. The zero-order chi connectivity index (χ0) is 18.2. The van der Waals surface area contributed by atoms with Gasteiger partial charge in [-0.3, -0.25) is 0 Å². The van der Waals surface area contributed by atoms with Crippen LogP contribution in [0.25, 0.3) is 5.65 Å². The van der Waals surface area contributed by atoms with Crippen LogP contribution in [0.5, 0.6) is 11.5 Å². The van der Waals surface area contributed by atoms with Crippen LogP contribution in [0, 0.1) is 6.92 Å². The number of aryl methyl sites for hydroxylation is 1. The molecule has 6 heteroatoms. The van der Waals surface area contributed by atoms with Gasteiger partial charge in [-0.15, -0.1) is 0 Å². The summed E-state index contributed by atoms with van der Waals surface area (Å²) < 4.78 is 13.0. The molecule has 1 aromatic carbocycles. The summed E-state index contributed by atoms with van der Waals surface area (Å²) in [6.45, 7) is 5.33. The molecule has 0 atom stereocenters. The molecule has 140 valence electrons. The quantitative estimate of drug-likeness (QED) is 0.771. The van der Waals surface area contributed by atoms with Crippen molar-refractivity contribution in [3.63, 3.8) is 0 Å². The van der Waals surface area contributed by atoms with Gasteiger partial charge in [-0.2, -0.15) is 0 Å². The van der Waals surface area contributed by atoms with E-state index in [4.69, 9.17) is 14.5 Å². The van der Waals surface area contributed by atoms with Crippen molar-refractivity contribution < 1.29 is 9.47 Å². The van der Waals surface area contributed by atoms with Gasteiger partial charge in [0.15, 0.2) is 11.5 Å². The van der Waals surface area contributed by atoms with Gasteiger partial charge in [0.1, 0.15) is 5.65 Å². The number of nitrogens with one attached hydrogen (secondary N) is 1. The fourth-order valence-corrected chi connectivity index (χ4v) is 3.89. The third kappa shape index (κ3) is 3.32. The second-order valence-electron chi connectivity index (χ2n) is 7.38. The summed E-state index contributed by atoms with van der Waals surface area (Å²) >= 11 is 0. The molecule has 1 fully saturated rings. The van der Waals surface area contributed by atoms with Gasteiger partial charge in [0.05, 0.1) is 5.69 Å². The van der Waals surface area contributed by atoms with Crippen LogP contribution in [0.4, 0.5) is 5.69 Å². The van der Waals surface area contributed by atoms with Crippen molar-refractivity contribution in [3.05, 3.63) is 54.0 Å². The Morgan fingerprint density at radius 1 is 1.11 bits per heavy atom. The lowest BCUT2D eigenvalue weighted by atomic mass is 10.0. The van der Waals surface area contributed by atoms with E-state index < -0.39 is 0 Å². The van der Waals surface area contributed by atoms with Gasteiger partial charge in [-0.1, -0.05) is 0 Å². The summed E-state index contributed by atoms with van der Waals surface area (Å²) in [5.41, 5.74) is 4.57. The van der Waals surface area contributed by atoms with E-state index in [0.29, 0.717) is 12.8 Å². The molecule has 1 saturated heterocycles. The van der Waals surface area contributed by atoms with Crippen LogP contribution >= 0.6 is 0 Å². The van der Waals surface area contributed by atoms with Crippen LogP contribution in [0.2, 0.25) is 0 Å². The number of anilines is 1. The first-order chi connectivity index (χ1) is 13.2.